The zero-order valence-corrected chi connectivity index (χ0v) is 10.3. The van der Waals surface area contributed by atoms with E-state index in [1.807, 2.05) is 0 Å². The van der Waals surface area contributed by atoms with Crippen molar-refractivity contribution in [2.75, 3.05) is 6.61 Å². The summed E-state index contributed by atoms with van der Waals surface area (Å²) >= 11 is 0. The summed E-state index contributed by atoms with van der Waals surface area (Å²) < 4.78 is 5.86. The molecule has 0 saturated heterocycles. The van der Waals surface area contributed by atoms with Crippen molar-refractivity contribution >= 4 is 0 Å². The van der Waals surface area contributed by atoms with Crippen LogP contribution in [0.4, 0.5) is 0 Å². The van der Waals surface area contributed by atoms with Crippen LogP contribution in [-0.2, 0) is 4.74 Å². The highest BCUT2D eigenvalue weighted by atomic mass is 16.5. The molecular weight excluding hydrogens is 172 g/mol. The molecule has 2 unspecified atom stereocenters. The maximum absolute atomic E-state index is 5.86. The Labute approximate surface area is 89.2 Å². The van der Waals surface area contributed by atoms with E-state index in [-0.39, 0.29) is 5.60 Å². The number of hydrogen-bond acceptors (Lipinski definition) is 1. The van der Waals surface area contributed by atoms with E-state index in [1.165, 1.54) is 32.1 Å². The summed E-state index contributed by atoms with van der Waals surface area (Å²) in [6.45, 7) is 9.73. The van der Waals surface area contributed by atoms with Gasteiger partial charge in [-0.1, -0.05) is 26.2 Å². The highest BCUT2D eigenvalue weighted by Gasteiger charge is 2.22. The molecule has 84 valence electrons. The maximum Gasteiger partial charge on any atom is 0.0598 e. The molecule has 1 nitrogen and oxygen atoms in total. The molecule has 1 saturated carbocycles. The van der Waals surface area contributed by atoms with Crippen LogP contribution in [0, 0.1) is 11.8 Å². The van der Waals surface area contributed by atoms with Gasteiger partial charge in [0.1, 0.15) is 0 Å². The van der Waals surface area contributed by atoms with Gasteiger partial charge in [0.15, 0.2) is 0 Å². The third-order valence-electron chi connectivity index (χ3n) is 3.22. The van der Waals surface area contributed by atoms with Gasteiger partial charge in [-0.2, -0.15) is 0 Å². The van der Waals surface area contributed by atoms with E-state index < -0.39 is 0 Å². The Balaban J connectivity index is 2.24. The van der Waals surface area contributed by atoms with Gasteiger partial charge in [-0.15, -0.1) is 0 Å². The molecule has 1 aliphatic carbocycles. The van der Waals surface area contributed by atoms with Gasteiger partial charge in [0.05, 0.1) is 12.2 Å². The smallest absolute Gasteiger partial charge is 0.0598 e. The highest BCUT2D eigenvalue weighted by molar-refractivity contribution is 4.73. The lowest BCUT2D eigenvalue weighted by Crippen LogP contribution is -2.26. The van der Waals surface area contributed by atoms with Crippen molar-refractivity contribution in [3.05, 3.63) is 0 Å². The predicted molar refractivity (Wildman–Crippen MR) is 61.4 cm³/mol. The average Bonchev–Trinajstić information content (AvgIpc) is 2.14. The topological polar surface area (TPSA) is 9.23 Å². The first-order chi connectivity index (χ1) is 6.51. The Morgan fingerprint density at radius 3 is 2.36 bits per heavy atom. The molecule has 1 heteroatoms. The molecule has 0 aromatic carbocycles. The number of hydrogen-bond donors (Lipinski definition) is 0. The van der Waals surface area contributed by atoms with Gasteiger partial charge in [-0.3, -0.25) is 0 Å². The molecule has 0 radical (unpaired) electrons. The Morgan fingerprint density at radius 1 is 1.14 bits per heavy atom. The van der Waals surface area contributed by atoms with Gasteiger partial charge in [0.2, 0.25) is 0 Å². The standard InChI is InChI=1S/C13H26O/c1-5-11-7-6-8-12(9-11)10-14-13(2,3)4/h11-12H,5-10H2,1-4H3. The SMILES string of the molecule is CCC1CCCC(COC(C)(C)C)C1. The van der Waals surface area contributed by atoms with Gasteiger partial charge in [0.25, 0.3) is 0 Å². The third kappa shape index (κ3) is 4.45. The number of ether oxygens (including phenoxy) is 1. The van der Waals surface area contributed by atoms with Crippen LogP contribution in [0.5, 0.6) is 0 Å². The minimum absolute atomic E-state index is 0.0408. The first-order valence-corrected chi connectivity index (χ1v) is 6.15. The fraction of sp³-hybridized carbons (Fsp3) is 1.00. The average molecular weight is 198 g/mol. The summed E-state index contributed by atoms with van der Waals surface area (Å²) in [6.07, 6.45) is 6.99. The van der Waals surface area contributed by atoms with E-state index in [9.17, 15) is 0 Å². The van der Waals surface area contributed by atoms with Crippen molar-refractivity contribution in [2.45, 2.75) is 65.4 Å². The Kier molecular flexibility index (Phi) is 4.43. The molecular formula is C13H26O. The summed E-state index contributed by atoms with van der Waals surface area (Å²) in [5.74, 6) is 1.80. The minimum Gasteiger partial charge on any atom is -0.376 e. The van der Waals surface area contributed by atoms with Gasteiger partial charge < -0.3 is 4.74 Å². The van der Waals surface area contributed by atoms with Crippen LogP contribution in [0.15, 0.2) is 0 Å². The quantitative estimate of drug-likeness (QED) is 0.665. The molecule has 0 aromatic heterocycles. The van der Waals surface area contributed by atoms with Crippen molar-refractivity contribution in [1.82, 2.24) is 0 Å². The second-order valence-electron chi connectivity index (χ2n) is 5.73. The fourth-order valence-electron chi connectivity index (χ4n) is 2.29. The van der Waals surface area contributed by atoms with Crippen LogP contribution in [0.1, 0.15) is 59.8 Å². The maximum atomic E-state index is 5.86. The van der Waals surface area contributed by atoms with Crippen LogP contribution in [0.2, 0.25) is 0 Å². The van der Waals surface area contributed by atoms with Crippen LogP contribution >= 0.6 is 0 Å². The van der Waals surface area contributed by atoms with Gasteiger partial charge in [-0.05, 0) is 45.4 Å². The van der Waals surface area contributed by atoms with Crippen molar-refractivity contribution < 1.29 is 4.74 Å². The molecule has 1 fully saturated rings. The highest BCUT2D eigenvalue weighted by Crippen LogP contribution is 2.31. The zero-order chi connectivity index (χ0) is 10.6. The van der Waals surface area contributed by atoms with Crippen LogP contribution < -0.4 is 0 Å². The molecule has 0 aromatic rings. The van der Waals surface area contributed by atoms with Crippen molar-refractivity contribution in [3.8, 4) is 0 Å². The van der Waals surface area contributed by atoms with Crippen molar-refractivity contribution in [2.24, 2.45) is 11.8 Å². The molecule has 14 heavy (non-hydrogen) atoms. The molecule has 1 aliphatic rings. The van der Waals surface area contributed by atoms with E-state index in [0.29, 0.717) is 0 Å². The van der Waals surface area contributed by atoms with Crippen LogP contribution in [0.3, 0.4) is 0 Å². The third-order valence-corrected chi connectivity index (χ3v) is 3.22. The lowest BCUT2D eigenvalue weighted by Gasteiger charge is -2.30. The largest absolute Gasteiger partial charge is 0.376 e. The number of rotatable bonds is 3. The molecule has 0 N–H and O–H groups in total. The first-order valence-electron chi connectivity index (χ1n) is 6.15. The first kappa shape index (κ1) is 12.0. The van der Waals surface area contributed by atoms with Crippen LogP contribution in [0.25, 0.3) is 0 Å². The lowest BCUT2D eigenvalue weighted by atomic mass is 9.80. The lowest BCUT2D eigenvalue weighted by molar-refractivity contribution is -0.0316. The van der Waals surface area contributed by atoms with Crippen molar-refractivity contribution in [1.29, 1.82) is 0 Å². The van der Waals surface area contributed by atoms with E-state index in [1.54, 1.807) is 0 Å². The van der Waals surface area contributed by atoms with E-state index in [4.69, 9.17) is 4.74 Å². The molecule has 1 rings (SSSR count). The monoisotopic (exact) mass is 198 g/mol. The van der Waals surface area contributed by atoms with Crippen molar-refractivity contribution in [3.63, 3.8) is 0 Å². The van der Waals surface area contributed by atoms with Gasteiger partial charge in [-0.25, -0.2) is 0 Å². The molecule has 0 bridgehead atoms. The molecule has 0 amide bonds. The molecule has 2 atom stereocenters. The summed E-state index contributed by atoms with van der Waals surface area (Å²) in [4.78, 5) is 0. The summed E-state index contributed by atoms with van der Waals surface area (Å²) in [5.41, 5.74) is 0.0408. The Morgan fingerprint density at radius 2 is 1.79 bits per heavy atom. The van der Waals surface area contributed by atoms with Gasteiger partial charge >= 0.3 is 0 Å². The van der Waals surface area contributed by atoms with Crippen LogP contribution in [-0.4, -0.2) is 12.2 Å². The Hall–Kier alpha value is -0.0400. The molecule has 0 spiro atoms. The summed E-state index contributed by atoms with van der Waals surface area (Å²) in [5, 5.41) is 0. The zero-order valence-electron chi connectivity index (χ0n) is 10.3. The predicted octanol–water partition coefficient (Wildman–Crippen LogP) is 4.02. The van der Waals surface area contributed by atoms with E-state index >= 15 is 0 Å². The minimum atomic E-state index is 0.0408. The molecule has 0 aliphatic heterocycles. The summed E-state index contributed by atoms with van der Waals surface area (Å²) in [6, 6.07) is 0. The normalized spacial score (nSPS) is 29.1. The van der Waals surface area contributed by atoms with E-state index in [0.717, 1.165) is 18.4 Å². The fourth-order valence-corrected chi connectivity index (χ4v) is 2.29. The van der Waals surface area contributed by atoms with E-state index in [2.05, 4.69) is 27.7 Å². The molecule has 0 heterocycles. The Bertz CT molecular complexity index is 157. The second kappa shape index (κ2) is 5.16. The van der Waals surface area contributed by atoms with Gasteiger partial charge in [0, 0.05) is 0 Å². The second-order valence-corrected chi connectivity index (χ2v) is 5.73. The summed E-state index contributed by atoms with van der Waals surface area (Å²) in [7, 11) is 0.